The van der Waals surface area contributed by atoms with E-state index in [0.29, 0.717) is 12.1 Å². The minimum absolute atomic E-state index is 0.519. The Kier molecular flexibility index (Phi) is 13.0. The van der Waals surface area contributed by atoms with Crippen molar-refractivity contribution in [1.82, 2.24) is 0 Å². The second-order valence-corrected chi connectivity index (χ2v) is 13.6. The number of carboxylic acids is 2. The summed E-state index contributed by atoms with van der Waals surface area (Å²) in [5.74, 6) is -3.04. The van der Waals surface area contributed by atoms with E-state index >= 15 is 0 Å². The van der Waals surface area contributed by atoms with Crippen molar-refractivity contribution in [2.45, 2.75) is 64.2 Å². The lowest BCUT2D eigenvalue weighted by Gasteiger charge is -2.22. The molecule has 7 nitrogen and oxygen atoms in total. The summed E-state index contributed by atoms with van der Waals surface area (Å²) in [6.45, 7) is 9.59. The Bertz CT molecular complexity index is 737. The first-order chi connectivity index (χ1) is 13.9. The van der Waals surface area contributed by atoms with Crippen molar-refractivity contribution in [2.24, 2.45) is 0 Å². The lowest BCUT2D eigenvalue weighted by Crippen LogP contribution is -2.07. The highest BCUT2D eigenvalue weighted by Crippen LogP contribution is 2.57. The number of hydrogen-bond acceptors (Lipinski definition) is 5. The minimum atomic E-state index is -4.89. The number of hydrogen-bond donors (Lipinski definition) is 2. The molecule has 9 heteroatoms. The van der Waals surface area contributed by atoms with Gasteiger partial charge in [-0.2, -0.15) is 0 Å². The standard InChI is InChI=1S/C13H30P.C8H6O7S/c1-5-8-11-14(4,12-9-6-2)13-10-7-3;9-7(10)4-1-5(8(11)12)3-6(2-4)16(13,14)15/h5-13H2,1-4H3;1-3H,(H,9,10)(H,11,12)(H,13,14,15)/q+1;/p-1. The zero-order valence-electron chi connectivity index (χ0n) is 18.4. The molecule has 172 valence electrons. The highest BCUT2D eigenvalue weighted by atomic mass is 32.2. The molecule has 0 bridgehead atoms. The minimum Gasteiger partial charge on any atom is -0.744 e. The Morgan fingerprint density at radius 1 is 0.833 bits per heavy atom. The fourth-order valence-corrected chi connectivity index (χ4v) is 7.40. The van der Waals surface area contributed by atoms with Crippen molar-refractivity contribution >= 4 is 29.3 Å². The van der Waals surface area contributed by atoms with E-state index < -0.39 is 45.3 Å². The fraction of sp³-hybridized carbons (Fsp3) is 0.619. The van der Waals surface area contributed by atoms with Crippen LogP contribution in [-0.2, 0) is 10.1 Å². The van der Waals surface area contributed by atoms with Crippen molar-refractivity contribution in [3.05, 3.63) is 29.3 Å². The van der Waals surface area contributed by atoms with Crippen LogP contribution >= 0.6 is 7.26 Å². The van der Waals surface area contributed by atoms with E-state index in [-0.39, 0.29) is 0 Å². The molecule has 0 unspecified atom stereocenters. The third-order valence-electron chi connectivity index (χ3n) is 4.84. The summed E-state index contributed by atoms with van der Waals surface area (Å²) in [6, 6.07) is 1.98. The molecule has 0 amide bonds. The van der Waals surface area contributed by atoms with Crippen molar-refractivity contribution in [3.63, 3.8) is 0 Å². The van der Waals surface area contributed by atoms with Gasteiger partial charge in [0.15, 0.2) is 0 Å². The molecule has 0 radical (unpaired) electrons. The molecule has 0 aliphatic heterocycles. The first-order valence-electron chi connectivity index (χ1n) is 10.3. The summed E-state index contributed by atoms with van der Waals surface area (Å²) in [6.07, 6.45) is 13.2. The summed E-state index contributed by atoms with van der Waals surface area (Å²) in [5.41, 5.74) is -1.15. The number of unbranched alkanes of at least 4 members (excludes halogenated alkanes) is 3. The Morgan fingerprint density at radius 2 is 1.17 bits per heavy atom. The maximum atomic E-state index is 10.6. The van der Waals surface area contributed by atoms with Crippen LogP contribution < -0.4 is 0 Å². The van der Waals surface area contributed by atoms with E-state index in [1.807, 2.05) is 0 Å². The Morgan fingerprint density at radius 3 is 1.40 bits per heavy atom. The van der Waals surface area contributed by atoms with Crippen LogP contribution in [-0.4, -0.2) is 60.3 Å². The van der Waals surface area contributed by atoms with Gasteiger partial charge in [0.1, 0.15) is 10.1 Å². The largest absolute Gasteiger partial charge is 0.744 e. The second-order valence-electron chi connectivity index (χ2n) is 7.66. The molecule has 0 saturated carbocycles. The molecule has 0 spiro atoms. The van der Waals surface area contributed by atoms with E-state index in [2.05, 4.69) is 27.4 Å². The van der Waals surface area contributed by atoms with Gasteiger partial charge < -0.3 is 14.8 Å². The van der Waals surface area contributed by atoms with Gasteiger partial charge in [0, 0.05) is 13.9 Å². The maximum Gasteiger partial charge on any atom is 0.335 e. The maximum absolute atomic E-state index is 10.6. The van der Waals surface area contributed by atoms with E-state index in [1.165, 1.54) is 38.5 Å². The normalized spacial score (nSPS) is 11.5. The molecule has 0 aliphatic carbocycles. The molecule has 0 heterocycles. The van der Waals surface area contributed by atoms with Crippen LogP contribution in [0.25, 0.3) is 0 Å². The van der Waals surface area contributed by atoms with Gasteiger partial charge in [0.05, 0.1) is 34.5 Å². The van der Waals surface area contributed by atoms with Crippen LogP contribution in [0.15, 0.2) is 23.1 Å². The van der Waals surface area contributed by atoms with Gasteiger partial charge in [-0.1, -0.05) is 40.0 Å². The summed E-state index contributed by atoms with van der Waals surface area (Å²) in [7, 11) is -5.41. The van der Waals surface area contributed by atoms with Crippen molar-refractivity contribution in [3.8, 4) is 0 Å². The SMILES string of the molecule is CCCC[P+](C)(CCCC)CCCC.O=C(O)c1cc(C(=O)O)cc(S(=O)(=O)[O-])c1. The highest BCUT2D eigenvalue weighted by Gasteiger charge is 2.28. The lowest BCUT2D eigenvalue weighted by atomic mass is 10.1. The molecule has 0 atom stereocenters. The highest BCUT2D eigenvalue weighted by molar-refractivity contribution is 7.85. The van der Waals surface area contributed by atoms with E-state index in [0.717, 1.165) is 6.07 Å². The van der Waals surface area contributed by atoms with Gasteiger partial charge in [-0.05, 0) is 37.5 Å². The van der Waals surface area contributed by atoms with Gasteiger partial charge >= 0.3 is 11.9 Å². The molecular weight excluding hydrogens is 427 g/mol. The zero-order valence-corrected chi connectivity index (χ0v) is 20.1. The van der Waals surface area contributed by atoms with Crippen LogP contribution in [0.3, 0.4) is 0 Å². The van der Waals surface area contributed by atoms with Crippen LogP contribution in [0.4, 0.5) is 0 Å². The third-order valence-corrected chi connectivity index (χ3v) is 9.84. The van der Waals surface area contributed by atoms with Gasteiger partial charge in [-0.3, -0.25) is 0 Å². The number of benzene rings is 1. The average Bonchev–Trinajstić information content (AvgIpc) is 2.68. The molecule has 1 aromatic carbocycles. The zero-order chi connectivity index (χ0) is 23.4. The third kappa shape index (κ3) is 11.0. The quantitative estimate of drug-likeness (QED) is 0.329. The smallest absolute Gasteiger partial charge is 0.335 e. The average molecular weight is 463 g/mol. The monoisotopic (exact) mass is 462 g/mol. The Hall–Kier alpha value is -1.50. The molecule has 0 aliphatic rings. The molecule has 1 rings (SSSR count). The topological polar surface area (TPSA) is 132 Å². The van der Waals surface area contributed by atoms with Gasteiger partial charge in [-0.15, -0.1) is 0 Å². The molecular formula is C21H35O7PS. The Labute approximate surface area is 181 Å². The van der Waals surface area contributed by atoms with Crippen molar-refractivity contribution in [1.29, 1.82) is 0 Å². The van der Waals surface area contributed by atoms with E-state index in [1.54, 1.807) is 18.5 Å². The number of aromatic carboxylic acids is 2. The van der Waals surface area contributed by atoms with Crippen LogP contribution in [0.1, 0.15) is 80.0 Å². The predicted molar refractivity (Wildman–Crippen MR) is 120 cm³/mol. The molecule has 0 aromatic heterocycles. The molecule has 1 aromatic rings. The van der Waals surface area contributed by atoms with E-state index in [9.17, 15) is 22.6 Å². The summed E-state index contributed by atoms with van der Waals surface area (Å²) in [4.78, 5) is 20.2. The molecule has 0 saturated heterocycles. The second kappa shape index (κ2) is 13.7. The summed E-state index contributed by atoms with van der Waals surface area (Å²) in [5, 5.41) is 17.2. The van der Waals surface area contributed by atoms with Gasteiger partial charge in [-0.25, -0.2) is 18.0 Å². The lowest BCUT2D eigenvalue weighted by molar-refractivity contribution is 0.0696. The number of carbonyl (C=O) groups is 2. The van der Waals surface area contributed by atoms with Crippen LogP contribution in [0.5, 0.6) is 0 Å². The van der Waals surface area contributed by atoms with E-state index in [4.69, 9.17) is 10.2 Å². The van der Waals surface area contributed by atoms with Crippen LogP contribution in [0, 0.1) is 0 Å². The first kappa shape index (κ1) is 28.5. The number of carboxylic acid groups (broad SMARTS) is 2. The van der Waals surface area contributed by atoms with Crippen LogP contribution in [0.2, 0.25) is 0 Å². The summed E-state index contributed by atoms with van der Waals surface area (Å²) >= 11 is 0. The van der Waals surface area contributed by atoms with Crippen molar-refractivity contribution in [2.75, 3.05) is 25.2 Å². The summed E-state index contributed by atoms with van der Waals surface area (Å²) < 4.78 is 31.9. The van der Waals surface area contributed by atoms with Crippen molar-refractivity contribution < 1.29 is 32.8 Å². The predicted octanol–water partition coefficient (Wildman–Crippen LogP) is 5.02. The molecule has 0 fully saturated rings. The first-order valence-corrected chi connectivity index (χ1v) is 14.5. The molecule has 30 heavy (non-hydrogen) atoms. The molecule has 2 N–H and O–H groups in total. The van der Waals surface area contributed by atoms with Gasteiger partial charge in [0.2, 0.25) is 0 Å². The van der Waals surface area contributed by atoms with Gasteiger partial charge in [0.25, 0.3) is 0 Å². The Balaban J connectivity index is 0.000000567. The fourth-order valence-electron chi connectivity index (χ4n) is 2.95. The number of rotatable bonds is 12.